The highest BCUT2D eigenvalue weighted by Gasteiger charge is 2.19. The molecule has 0 radical (unpaired) electrons. The lowest BCUT2D eigenvalue weighted by molar-refractivity contribution is 0.139. The molecule has 10 heavy (non-hydrogen) atoms. The Morgan fingerprint density at radius 2 is 2.30 bits per heavy atom. The first kappa shape index (κ1) is 7.50. The molecular formula is C6H12N2O2. The second-order valence-electron chi connectivity index (χ2n) is 2.52. The molecule has 1 rings (SSSR count). The van der Waals surface area contributed by atoms with E-state index in [0.717, 1.165) is 25.7 Å². The Labute approximate surface area is 59.5 Å². The molecule has 0 aliphatic heterocycles. The molecule has 1 aliphatic rings. The Morgan fingerprint density at radius 1 is 1.50 bits per heavy atom. The van der Waals surface area contributed by atoms with Gasteiger partial charge in [-0.05, 0) is 19.3 Å². The highest BCUT2D eigenvalue weighted by molar-refractivity contribution is 5.89. The van der Waals surface area contributed by atoms with Gasteiger partial charge >= 0.3 is 0 Å². The van der Waals surface area contributed by atoms with E-state index in [9.17, 15) is 0 Å². The van der Waals surface area contributed by atoms with Gasteiger partial charge in [0, 0.05) is 0 Å². The molecule has 0 saturated heterocycles. The molecular weight excluding hydrogens is 132 g/mol. The number of nitrogens with zero attached hydrogens (tertiary/aromatic N) is 1. The molecule has 0 amide bonds. The predicted octanol–water partition coefficient (Wildman–Crippen LogP) is 0.738. The molecule has 1 fully saturated rings. The second kappa shape index (κ2) is 3.53. The third kappa shape index (κ3) is 1.46. The standard InChI is InChI=1S/C6H12N2O2/c9-7-5-3-1-2-4-6(5)8-10/h5,7,9-10H,1-4H2/b8-6+. The van der Waals surface area contributed by atoms with Crippen LogP contribution in [0, 0.1) is 0 Å². The van der Waals surface area contributed by atoms with Crippen molar-refractivity contribution in [3.8, 4) is 0 Å². The topological polar surface area (TPSA) is 64.9 Å². The summed E-state index contributed by atoms with van der Waals surface area (Å²) in [4.78, 5) is 0. The predicted molar refractivity (Wildman–Crippen MR) is 36.4 cm³/mol. The van der Waals surface area contributed by atoms with E-state index in [2.05, 4.69) is 10.6 Å². The smallest absolute Gasteiger partial charge is 0.0763 e. The number of hydroxylamine groups is 1. The van der Waals surface area contributed by atoms with Crippen LogP contribution in [-0.2, 0) is 0 Å². The average Bonchev–Trinajstić information content (AvgIpc) is 2.04. The van der Waals surface area contributed by atoms with Gasteiger partial charge in [-0.3, -0.25) is 0 Å². The van der Waals surface area contributed by atoms with Crippen LogP contribution in [0.4, 0.5) is 0 Å². The number of oxime groups is 1. The highest BCUT2D eigenvalue weighted by Crippen LogP contribution is 2.14. The third-order valence-corrected chi connectivity index (χ3v) is 1.86. The zero-order chi connectivity index (χ0) is 7.40. The number of nitrogens with one attached hydrogen (secondary N) is 1. The second-order valence-corrected chi connectivity index (χ2v) is 2.52. The molecule has 0 heterocycles. The lowest BCUT2D eigenvalue weighted by Crippen LogP contribution is -2.36. The molecule has 4 heteroatoms. The normalized spacial score (nSPS) is 30.9. The minimum absolute atomic E-state index is 0.126. The van der Waals surface area contributed by atoms with Crippen LogP contribution >= 0.6 is 0 Å². The zero-order valence-corrected chi connectivity index (χ0v) is 5.75. The summed E-state index contributed by atoms with van der Waals surface area (Å²) >= 11 is 0. The Morgan fingerprint density at radius 3 is 2.80 bits per heavy atom. The van der Waals surface area contributed by atoms with E-state index in [1.54, 1.807) is 0 Å². The maximum atomic E-state index is 8.55. The quantitative estimate of drug-likeness (QED) is 0.375. The van der Waals surface area contributed by atoms with Crippen LogP contribution in [0.25, 0.3) is 0 Å². The summed E-state index contributed by atoms with van der Waals surface area (Å²) in [6, 6.07) is -0.126. The van der Waals surface area contributed by atoms with Crippen molar-refractivity contribution in [2.45, 2.75) is 31.7 Å². The van der Waals surface area contributed by atoms with Crippen LogP contribution in [0.3, 0.4) is 0 Å². The monoisotopic (exact) mass is 144 g/mol. The summed E-state index contributed by atoms with van der Waals surface area (Å²) in [5.74, 6) is 0. The fraction of sp³-hybridized carbons (Fsp3) is 0.833. The van der Waals surface area contributed by atoms with E-state index in [1.807, 2.05) is 0 Å². The maximum Gasteiger partial charge on any atom is 0.0763 e. The van der Waals surface area contributed by atoms with Gasteiger partial charge < -0.3 is 10.4 Å². The van der Waals surface area contributed by atoms with Crippen LogP contribution < -0.4 is 5.48 Å². The zero-order valence-electron chi connectivity index (χ0n) is 5.75. The summed E-state index contributed by atoms with van der Waals surface area (Å²) in [6.45, 7) is 0. The van der Waals surface area contributed by atoms with Crippen LogP contribution in [0.2, 0.25) is 0 Å². The molecule has 1 saturated carbocycles. The van der Waals surface area contributed by atoms with Crippen molar-refractivity contribution in [3.05, 3.63) is 0 Å². The first-order valence-corrected chi connectivity index (χ1v) is 3.49. The molecule has 0 aromatic heterocycles. The van der Waals surface area contributed by atoms with Crippen LogP contribution in [0.15, 0.2) is 5.16 Å². The molecule has 3 N–H and O–H groups in total. The molecule has 0 spiro atoms. The third-order valence-electron chi connectivity index (χ3n) is 1.86. The molecule has 4 nitrogen and oxygen atoms in total. The van der Waals surface area contributed by atoms with Crippen molar-refractivity contribution >= 4 is 5.71 Å². The van der Waals surface area contributed by atoms with E-state index in [0.29, 0.717) is 5.71 Å². The van der Waals surface area contributed by atoms with Gasteiger partial charge in [0.2, 0.25) is 0 Å². The first-order valence-electron chi connectivity index (χ1n) is 3.49. The molecule has 0 aromatic rings. The highest BCUT2D eigenvalue weighted by atomic mass is 16.5. The van der Waals surface area contributed by atoms with Gasteiger partial charge in [-0.2, -0.15) is 5.48 Å². The van der Waals surface area contributed by atoms with Crippen molar-refractivity contribution in [1.29, 1.82) is 0 Å². The van der Waals surface area contributed by atoms with E-state index < -0.39 is 0 Å². The first-order chi connectivity index (χ1) is 4.88. The van der Waals surface area contributed by atoms with Gasteiger partial charge in [-0.1, -0.05) is 11.6 Å². The molecule has 0 aromatic carbocycles. The summed E-state index contributed by atoms with van der Waals surface area (Å²) in [7, 11) is 0. The SMILES string of the molecule is O/N=C1\CCCCC1NO. The fourth-order valence-corrected chi connectivity index (χ4v) is 1.25. The Hall–Kier alpha value is -0.610. The largest absolute Gasteiger partial charge is 0.411 e. The van der Waals surface area contributed by atoms with Crippen molar-refractivity contribution in [1.82, 2.24) is 5.48 Å². The van der Waals surface area contributed by atoms with Crippen molar-refractivity contribution in [2.24, 2.45) is 5.16 Å². The molecule has 0 bridgehead atoms. The lowest BCUT2D eigenvalue weighted by atomic mass is 9.94. The van der Waals surface area contributed by atoms with Gasteiger partial charge in [0.1, 0.15) is 0 Å². The maximum absolute atomic E-state index is 8.55. The lowest BCUT2D eigenvalue weighted by Gasteiger charge is -2.20. The number of hydrogen-bond acceptors (Lipinski definition) is 4. The number of hydrogen-bond donors (Lipinski definition) is 3. The fourth-order valence-electron chi connectivity index (χ4n) is 1.25. The van der Waals surface area contributed by atoms with Crippen molar-refractivity contribution < 1.29 is 10.4 Å². The van der Waals surface area contributed by atoms with Crippen LogP contribution in [-0.4, -0.2) is 22.2 Å². The van der Waals surface area contributed by atoms with Gasteiger partial charge in [-0.25, -0.2) is 0 Å². The van der Waals surface area contributed by atoms with E-state index >= 15 is 0 Å². The average molecular weight is 144 g/mol. The summed E-state index contributed by atoms with van der Waals surface area (Å²) in [6.07, 6.45) is 3.78. The molecule has 58 valence electrons. The Kier molecular flexibility index (Phi) is 2.65. The van der Waals surface area contributed by atoms with Crippen LogP contribution in [0.5, 0.6) is 0 Å². The van der Waals surface area contributed by atoms with Gasteiger partial charge in [0.05, 0.1) is 11.8 Å². The molecule has 1 atom stereocenters. The van der Waals surface area contributed by atoms with Gasteiger partial charge in [0.15, 0.2) is 0 Å². The van der Waals surface area contributed by atoms with E-state index in [1.165, 1.54) is 0 Å². The van der Waals surface area contributed by atoms with E-state index in [4.69, 9.17) is 10.4 Å². The Balaban J connectivity index is 2.50. The molecule has 1 unspecified atom stereocenters. The Bertz CT molecular complexity index is 136. The van der Waals surface area contributed by atoms with E-state index in [-0.39, 0.29) is 6.04 Å². The van der Waals surface area contributed by atoms with Gasteiger partial charge in [-0.15, -0.1) is 0 Å². The summed E-state index contributed by atoms with van der Waals surface area (Å²) in [5.41, 5.74) is 2.78. The minimum atomic E-state index is -0.126. The summed E-state index contributed by atoms with van der Waals surface area (Å²) < 4.78 is 0. The minimum Gasteiger partial charge on any atom is -0.411 e. The number of rotatable bonds is 1. The van der Waals surface area contributed by atoms with Crippen molar-refractivity contribution in [2.75, 3.05) is 0 Å². The summed E-state index contributed by atoms with van der Waals surface area (Å²) in [5, 5.41) is 20.1. The van der Waals surface area contributed by atoms with Gasteiger partial charge in [0.25, 0.3) is 0 Å². The van der Waals surface area contributed by atoms with Crippen LogP contribution in [0.1, 0.15) is 25.7 Å². The van der Waals surface area contributed by atoms with Crippen molar-refractivity contribution in [3.63, 3.8) is 0 Å². The molecule has 1 aliphatic carbocycles.